The molecular weight excluding hydrogens is 652 g/mol. The Morgan fingerprint density at radius 3 is 2.57 bits per heavy atom. The lowest BCUT2D eigenvalue weighted by molar-refractivity contribution is -0.198. The molecule has 0 spiro atoms. The summed E-state index contributed by atoms with van der Waals surface area (Å²) in [6.07, 6.45) is 18.9. The van der Waals surface area contributed by atoms with Crippen molar-refractivity contribution < 1.29 is 49.0 Å². The Balaban J connectivity index is 1.70. The Labute approximate surface area is 304 Å². The molecule has 3 aliphatic heterocycles. The van der Waals surface area contributed by atoms with Crippen molar-refractivity contribution in [1.29, 1.82) is 0 Å². The summed E-state index contributed by atoms with van der Waals surface area (Å²) in [5.74, 6) is -1.25. The van der Waals surface area contributed by atoms with Crippen LogP contribution >= 0.6 is 0 Å². The van der Waals surface area contributed by atoms with Gasteiger partial charge in [-0.2, -0.15) is 0 Å². The molecule has 0 radical (unpaired) electrons. The number of carbonyl (C=O) groups is 2. The van der Waals surface area contributed by atoms with Gasteiger partial charge in [0.05, 0.1) is 55.3 Å². The number of hydrogen-bond donors (Lipinski definition) is 4. The lowest BCUT2D eigenvalue weighted by Gasteiger charge is -2.47. The molecule has 3 rings (SSSR count). The first-order chi connectivity index (χ1) is 24.2. The Hall–Kier alpha value is -2.86. The van der Waals surface area contributed by atoms with Crippen molar-refractivity contribution in [3.8, 4) is 0 Å². The van der Waals surface area contributed by atoms with Gasteiger partial charge >= 0.3 is 11.9 Å². The summed E-state index contributed by atoms with van der Waals surface area (Å²) in [4.78, 5) is 25.4. The van der Waals surface area contributed by atoms with Crippen molar-refractivity contribution >= 4 is 11.9 Å². The normalized spacial score (nSPS) is 32.6. The van der Waals surface area contributed by atoms with E-state index < -0.39 is 47.9 Å². The standard InChI is InChI=1S/C41H62O10/c1-27(2)21-34(44)29(4)25-48-40(47)33(43)18-13-14-19-37-41(6,26-42)38-24-32(50-37)17-10-7-9-15-28(3)22-36-30(5)35(45)23-31(49-36)16-11-8-12-20-39(46)51-38/h8-15,17,20,22,27,29-38,42-45H,7,16,18-19,21,23-26H2,1-6H3/t29?,30-,31+,32-,33?,34?,35+,36-,37+,38-,41+/m1/s1. The molecule has 0 aromatic heterocycles. The van der Waals surface area contributed by atoms with Crippen molar-refractivity contribution in [1.82, 2.24) is 0 Å². The topological polar surface area (TPSA) is 152 Å². The van der Waals surface area contributed by atoms with Crippen LogP contribution in [0.2, 0.25) is 0 Å². The monoisotopic (exact) mass is 714 g/mol. The zero-order valence-corrected chi connectivity index (χ0v) is 31.3. The second kappa shape index (κ2) is 21.0. The molecule has 10 heteroatoms. The highest BCUT2D eigenvalue weighted by molar-refractivity contribution is 5.82. The van der Waals surface area contributed by atoms with Crippen LogP contribution in [0.5, 0.6) is 0 Å². The van der Waals surface area contributed by atoms with E-state index >= 15 is 0 Å². The average molecular weight is 715 g/mol. The van der Waals surface area contributed by atoms with Gasteiger partial charge in [-0.3, -0.25) is 0 Å². The number of rotatable bonds is 11. The average Bonchev–Trinajstić information content (AvgIpc) is 3.07. The lowest BCUT2D eigenvalue weighted by atomic mass is 9.73. The second-order valence-electron chi connectivity index (χ2n) is 15.1. The first-order valence-electron chi connectivity index (χ1n) is 18.6. The van der Waals surface area contributed by atoms with Gasteiger partial charge in [-0.1, -0.05) is 101 Å². The van der Waals surface area contributed by atoms with Crippen LogP contribution in [0.25, 0.3) is 0 Å². The molecule has 4 bridgehead atoms. The van der Waals surface area contributed by atoms with Crippen molar-refractivity contribution in [2.45, 2.75) is 135 Å². The molecule has 0 aliphatic carbocycles. The largest absolute Gasteiger partial charge is 0.463 e. The van der Waals surface area contributed by atoms with Gasteiger partial charge in [0, 0.05) is 37.2 Å². The molecule has 4 N–H and O–H groups in total. The summed E-state index contributed by atoms with van der Waals surface area (Å²) in [6, 6.07) is 0. The van der Waals surface area contributed by atoms with Crippen LogP contribution in [0.15, 0.2) is 72.4 Å². The van der Waals surface area contributed by atoms with Gasteiger partial charge in [-0.15, -0.1) is 0 Å². The third kappa shape index (κ3) is 13.6. The predicted octanol–water partition coefficient (Wildman–Crippen LogP) is 5.46. The van der Waals surface area contributed by atoms with Crippen molar-refractivity contribution in [3.63, 3.8) is 0 Å². The molecule has 51 heavy (non-hydrogen) atoms. The van der Waals surface area contributed by atoms with E-state index in [0.717, 1.165) is 5.57 Å². The highest BCUT2D eigenvalue weighted by Crippen LogP contribution is 2.41. The summed E-state index contributed by atoms with van der Waals surface area (Å²) >= 11 is 0. The number of aliphatic hydroxyl groups excluding tert-OH is 4. The fraction of sp³-hybridized carbons (Fsp3) is 0.659. The zero-order chi connectivity index (χ0) is 37.6. The van der Waals surface area contributed by atoms with E-state index in [1.54, 1.807) is 31.2 Å². The number of allylic oxidation sites excluding steroid dienone is 6. The van der Waals surface area contributed by atoms with E-state index in [4.69, 9.17) is 18.9 Å². The van der Waals surface area contributed by atoms with Gasteiger partial charge in [-0.25, -0.2) is 9.59 Å². The van der Waals surface area contributed by atoms with E-state index in [1.807, 2.05) is 65.0 Å². The first-order valence-corrected chi connectivity index (χ1v) is 18.6. The molecule has 0 aromatic rings. The van der Waals surface area contributed by atoms with E-state index in [1.165, 1.54) is 6.08 Å². The maximum Gasteiger partial charge on any atom is 0.335 e. The van der Waals surface area contributed by atoms with Crippen LogP contribution < -0.4 is 0 Å². The van der Waals surface area contributed by atoms with E-state index in [0.29, 0.717) is 44.4 Å². The van der Waals surface area contributed by atoms with Gasteiger partial charge < -0.3 is 39.4 Å². The van der Waals surface area contributed by atoms with Crippen molar-refractivity contribution in [2.75, 3.05) is 13.2 Å². The smallest absolute Gasteiger partial charge is 0.335 e. The number of aliphatic hydroxyl groups is 4. The SMILES string of the molecule is CC1=C[C@H]2O[C@@H](CC=CC=CC(=O)O[C@@H]3C[C@@H](C=CCC=C1)O[C@@H](CC=CCC(O)C(=O)OCC(C)C(O)CC(C)C)[C@]3(C)CO)C[C@H](O)[C@H]2C. The summed E-state index contributed by atoms with van der Waals surface area (Å²) in [5, 5.41) is 41.9. The summed E-state index contributed by atoms with van der Waals surface area (Å²) in [5.41, 5.74) is 0.116. The molecule has 0 amide bonds. The molecule has 286 valence electrons. The molecular formula is C41H62O10. The molecule has 0 saturated carbocycles. The molecule has 3 unspecified atom stereocenters. The Morgan fingerprint density at radius 1 is 1.08 bits per heavy atom. The van der Waals surface area contributed by atoms with Gasteiger partial charge in [-0.05, 0) is 38.5 Å². The van der Waals surface area contributed by atoms with Gasteiger partial charge in [0.15, 0.2) is 6.10 Å². The van der Waals surface area contributed by atoms with Crippen LogP contribution in [-0.4, -0.2) is 94.4 Å². The number of ether oxygens (including phenoxy) is 4. The number of hydrogen-bond acceptors (Lipinski definition) is 10. The third-order valence-corrected chi connectivity index (χ3v) is 10.2. The Bertz CT molecular complexity index is 1280. The van der Waals surface area contributed by atoms with Crippen LogP contribution in [-0.2, 0) is 28.5 Å². The predicted molar refractivity (Wildman–Crippen MR) is 196 cm³/mol. The number of fused-ring (bicyclic) bond motifs is 4. The van der Waals surface area contributed by atoms with Crippen molar-refractivity contribution in [3.05, 3.63) is 72.4 Å². The van der Waals surface area contributed by atoms with E-state index in [2.05, 4.69) is 6.08 Å². The van der Waals surface area contributed by atoms with Gasteiger partial charge in [0.1, 0.15) is 6.10 Å². The quantitative estimate of drug-likeness (QED) is 0.161. The lowest BCUT2D eigenvalue weighted by Crippen LogP contribution is -2.55. The van der Waals surface area contributed by atoms with Crippen molar-refractivity contribution in [2.24, 2.45) is 23.2 Å². The fourth-order valence-electron chi connectivity index (χ4n) is 6.57. The summed E-state index contributed by atoms with van der Waals surface area (Å²) < 4.78 is 23.9. The Kier molecular flexibility index (Phi) is 17.5. The molecule has 3 aliphatic rings. The second-order valence-corrected chi connectivity index (χ2v) is 15.1. The summed E-state index contributed by atoms with van der Waals surface area (Å²) in [6.45, 7) is 11.4. The van der Waals surface area contributed by atoms with Gasteiger partial charge in [0.2, 0.25) is 0 Å². The fourth-order valence-corrected chi connectivity index (χ4v) is 6.57. The van der Waals surface area contributed by atoms with E-state index in [-0.39, 0.29) is 49.8 Å². The molecule has 2 saturated heterocycles. The van der Waals surface area contributed by atoms with Crippen LogP contribution in [0.1, 0.15) is 86.5 Å². The van der Waals surface area contributed by atoms with Crippen LogP contribution in [0.4, 0.5) is 0 Å². The van der Waals surface area contributed by atoms with Crippen LogP contribution in [0.3, 0.4) is 0 Å². The number of carbonyl (C=O) groups excluding carboxylic acids is 2. The minimum atomic E-state index is -1.36. The first kappa shape index (κ1) is 42.6. The van der Waals surface area contributed by atoms with Gasteiger partial charge in [0.25, 0.3) is 0 Å². The molecule has 2 fully saturated rings. The van der Waals surface area contributed by atoms with E-state index in [9.17, 15) is 30.0 Å². The molecule has 0 aromatic carbocycles. The Morgan fingerprint density at radius 2 is 1.84 bits per heavy atom. The number of esters is 2. The molecule has 10 nitrogen and oxygen atoms in total. The minimum Gasteiger partial charge on any atom is -0.463 e. The molecule has 3 heterocycles. The zero-order valence-electron chi connectivity index (χ0n) is 31.3. The maximum atomic E-state index is 13.0. The minimum absolute atomic E-state index is 0.0189. The van der Waals surface area contributed by atoms with Crippen LogP contribution in [0, 0.1) is 23.2 Å². The maximum absolute atomic E-state index is 13.0. The third-order valence-electron chi connectivity index (χ3n) is 10.2. The highest BCUT2D eigenvalue weighted by Gasteiger charge is 2.49. The summed E-state index contributed by atoms with van der Waals surface area (Å²) in [7, 11) is 0. The molecule has 11 atom stereocenters. The highest BCUT2D eigenvalue weighted by atomic mass is 16.6.